The van der Waals surface area contributed by atoms with Crippen LogP contribution in [0.1, 0.15) is 50.2 Å². The van der Waals surface area contributed by atoms with Crippen LogP contribution in [-0.4, -0.2) is 25.7 Å². The minimum absolute atomic E-state index is 0. The lowest BCUT2D eigenvalue weighted by Gasteiger charge is -2.30. The summed E-state index contributed by atoms with van der Waals surface area (Å²) in [5, 5.41) is 6.45. The fraction of sp³-hybridized carbons (Fsp3) is 0.706. The number of aliphatic imine (C=N–C) groups is 1. The van der Waals surface area contributed by atoms with Crippen molar-refractivity contribution in [1.29, 1.82) is 0 Å². The van der Waals surface area contributed by atoms with Crippen molar-refractivity contribution in [3.8, 4) is 0 Å². The molecular weight excluding hydrogens is 446 g/mol. The molecule has 0 saturated heterocycles. The van der Waals surface area contributed by atoms with Gasteiger partial charge in [-0.3, -0.25) is 4.99 Å². The first-order valence-corrected chi connectivity index (χ1v) is 8.39. The number of nitrogens with one attached hydrogen (secondary N) is 2. The first kappa shape index (κ1) is 22.1. The minimum Gasteiger partial charge on any atom is -0.464 e. The van der Waals surface area contributed by atoms with Crippen molar-refractivity contribution in [2.75, 3.05) is 13.6 Å². The Morgan fingerprint density at radius 1 is 1.28 bits per heavy atom. The van der Waals surface area contributed by atoms with Gasteiger partial charge in [0.05, 0.1) is 12.0 Å². The summed E-state index contributed by atoms with van der Waals surface area (Å²) in [6.07, 6.45) is -2.40. The Hall–Kier alpha value is -0.930. The second-order valence-electron chi connectivity index (χ2n) is 6.53. The minimum atomic E-state index is -4.05. The van der Waals surface area contributed by atoms with Crippen LogP contribution in [0.2, 0.25) is 0 Å². The molecule has 1 aromatic heterocycles. The number of guanidine groups is 1. The molecule has 2 N–H and O–H groups in total. The van der Waals surface area contributed by atoms with Crippen LogP contribution in [0.4, 0.5) is 13.2 Å². The molecule has 0 bridgehead atoms. The monoisotopic (exact) mass is 473 g/mol. The van der Waals surface area contributed by atoms with E-state index in [2.05, 4.69) is 15.6 Å². The van der Waals surface area contributed by atoms with Crippen LogP contribution in [-0.2, 0) is 0 Å². The summed E-state index contributed by atoms with van der Waals surface area (Å²) < 4.78 is 43.6. The molecule has 1 unspecified atom stereocenters. The Balaban J connectivity index is 0.00000312. The van der Waals surface area contributed by atoms with E-state index in [1.54, 1.807) is 7.05 Å². The van der Waals surface area contributed by atoms with E-state index in [1.165, 1.54) is 0 Å². The maximum Gasteiger partial charge on any atom is 0.391 e. The zero-order valence-corrected chi connectivity index (χ0v) is 17.2. The summed E-state index contributed by atoms with van der Waals surface area (Å²) in [5.74, 6) is 1.43. The lowest BCUT2D eigenvalue weighted by molar-refractivity contribution is -0.183. The van der Waals surface area contributed by atoms with E-state index >= 15 is 0 Å². The summed E-state index contributed by atoms with van der Waals surface area (Å²) in [6.45, 7) is 4.49. The lowest BCUT2D eigenvalue weighted by Crippen LogP contribution is -2.41. The van der Waals surface area contributed by atoms with Crippen molar-refractivity contribution in [1.82, 2.24) is 10.6 Å². The smallest absolute Gasteiger partial charge is 0.391 e. The number of alkyl halides is 3. The largest absolute Gasteiger partial charge is 0.464 e. The molecule has 0 aromatic carbocycles. The van der Waals surface area contributed by atoms with Crippen molar-refractivity contribution in [2.45, 2.75) is 51.7 Å². The number of nitrogens with zero attached hydrogens (tertiary/aromatic N) is 1. The van der Waals surface area contributed by atoms with E-state index in [-0.39, 0.29) is 48.8 Å². The third-order valence-corrected chi connectivity index (χ3v) is 4.63. The average molecular weight is 473 g/mol. The molecule has 1 aliphatic carbocycles. The molecule has 1 aromatic rings. The van der Waals surface area contributed by atoms with E-state index in [0.29, 0.717) is 25.3 Å². The lowest BCUT2D eigenvalue weighted by atomic mass is 9.81. The van der Waals surface area contributed by atoms with Gasteiger partial charge >= 0.3 is 6.18 Å². The molecule has 2 rings (SSSR count). The fourth-order valence-corrected chi connectivity index (χ4v) is 3.09. The van der Waals surface area contributed by atoms with Gasteiger partial charge in [-0.15, -0.1) is 24.0 Å². The van der Waals surface area contributed by atoms with Crippen molar-refractivity contribution >= 4 is 29.9 Å². The molecule has 1 aliphatic rings. The molecule has 8 heteroatoms. The predicted octanol–water partition coefficient (Wildman–Crippen LogP) is 4.80. The van der Waals surface area contributed by atoms with Gasteiger partial charge in [-0.05, 0) is 57.6 Å². The van der Waals surface area contributed by atoms with Gasteiger partial charge in [-0.2, -0.15) is 13.2 Å². The molecule has 1 saturated carbocycles. The number of furan rings is 1. The number of halogens is 4. The molecule has 0 spiro atoms. The molecule has 1 fully saturated rings. The topological polar surface area (TPSA) is 49.6 Å². The second-order valence-corrected chi connectivity index (χ2v) is 6.53. The van der Waals surface area contributed by atoms with E-state index in [9.17, 15) is 13.2 Å². The highest BCUT2D eigenvalue weighted by Crippen LogP contribution is 2.39. The highest BCUT2D eigenvalue weighted by atomic mass is 127. The first-order chi connectivity index (χ1) is 11.3. The Morgan fingerprint density at radius 2 is 1.92 bits per heavy atom. The van der Waals surface area contributed by atoms with Crippen molar-refractivity contribution in [3.63, 3.8) is 0 Å². The normalized spacial score (nSPS) is 22.9. The highest BCUT2D eigenvalue weighted by Gasteiger charge is 2.41. The van der Waals surface area contributed by atoms with Crippen LogP contribution < -0.4 is 10.6 Å². The zero-order chi connectivity index (χ0) is 17.7. The Kier molecular flexibility index (Phi) is 8.56. The van der Waals surface area contributed by atoms with Crippen LogP contribution in [0.5, 0.6) is 0 Å². The Labute approximate surface area is 164 Å². The molecule has 25 heavy (non-hydrogen) atoms. The second kappa shape index (κ2) is 9.68. The quantitative estimate of drug-likeness (QED) is 0.375. The number of hydrogen-bond donors (Lipinski definition) is 2. The summed E-state index contributed by atoms with van der Waals surface area (Å²) in [5.41, 5.74) is 0. The first-order valence-electron chi connectivity index (χ1n) is 8.39. The standard InChI is InChI=1S/C17H26F3N3O.HI/c1-11-4-9-15(24-11)12(2)23-16(21-3)22-10-13-5-7-14(8-6-13)17(18,19)20;/h4,9,12-14H,5-8,10H2,1-3H3,(H2,21,22,23);1H. The van der Waals surface area contributed by atoms with Gasteiger partial charge in [0.1, 0.15) is 11.5 Å². The third-order valence-electron chi connectivity index (χ3n) is 4.63. The fourth-order valence-electron chi connectivity index (χ4n) is 3.09. The molecule has 0 aliphatic heterocycles. The van der Waals surface area contributed by atoms with Crippen LogP contribution in [0.3, 0.4) is 0 Å². The van der Waals surface area contributed by atoms with E-state index < -0.39 is 12.1 Å². The summed E-state index contributed by atoms with van der Waals surface area (Å²) in [6, 6.07) is 3.78. The summed E-state index contributed by atoms with van der Waals surface area (Å²) in [7, 11) is 1.68. The number of aryl methyl sites for hydroxylation is 1. The molecule has 4 nitrogen and oxygen atoms in total. The van der Waals surface area contributed by atoms with E-state index in [1.807, 2.05) is 26.0 Å². The average Bonchev–Trinajstić information content (AvgIpc) is 2.97. The molecule has 1 atom stereocenters. The van der Waals surface area contributed by atoms with Crippen LogP contribution >= 0.6 is 24.0 Å². The highest BCUT2D eigenvalue weighted by molar-refractivity contribution is 14.0. The van der Waals surface area contributed by atoms with Gasteiger partial charge < -0.3 is 15.1 Å². The van der Waals surface area contributed by atoms with Crippen molar-refractivity contribution in [3.05, 3.63) is 23.7 Å². The summed E-state index contributed by atoms with van der Waals surface area (Å²) >= 11 is 0. The van der Waals surface area contributed by atoms with Crippen LogP contribution in [0.15, 0.2) is 21.5 Å². The van der Waals surface area contributed by atoms with Gasteiger partial charge in [-0.1, -0.05) is 0 Å². The number of hydrogen-bond acceptors (Lipinski definition) is 2. The molecular formula is C17H27F3IN3O. The Bertz CT molecular complexity index is 552. The van der Waals surface area contributed by atoms with E-state index in [0.717, 1.165) is 11.5 Å². The van der Waals surface area contributed by atoms with Crippen LogP contribution in [0.25, 0.3) is 0 Å². The van der Waals surface area contributed by atoms with Crippen molar-refractivity contribution in [2.24, 2.45) is 16.8 Å². The van der Waals surface area contributed by atoms with Gasteiger partial charge in [0.2, 0.25) is 0 Å². The van der Waals surface area contributed by atoms with Crippen LogP contribution in [0, 0.1) is 18.8 Å². The van der Waals surface area contributed by atoms with E-state index in [4.69, 9.17) is 4.42 Å². The molecule has 144 valence electrons. The van der Waals surface area contributed by atoms with Gasteiger partial charge in [0.15, 0.2) is 5.96 Å². The third kappa shape index (κ3) is 6.71. The number of rotatable bonds is 4. The van der Waals surface area contributed by atoms with Gasteiger partial charge in [0, 0.05) is 13.6 Å². The predicted molar refractivity (Wildman–Crippen MR) is 103 cm³/mol. The van der Waals surface area contributed by atoms with Gasteiger partial charge in [0.25, 0.3) is 0 Å². The van der Waals surface area contributed by atoms with Gasteiger partial charge in [-0.25, -0.2) is 0 Å². The van der Waals surface area contributed by atoms with Crippen molar-refractivity contribution < 1.29 is 17.6 Å². The maximum absolute atomic E-state index is 12.7. The molecule has 0 amide bonds. The summed E-state index contributed by atoms with van der Waals surface area (Å²) in [4.78, 5) is 4.17. The Morgan fingerprint density at radius 3 is 2.40 bits per heavy atom. The molecule has 0 radical (unpaired) electrons. The SMILES string of the molecule is CN=C(NCC1CCC(C(F)(F)F)CC1)NC(C)c1ccc(C)o1.I. The zero-order valence-electron chi connectivity index (χ0n) is 14.8. The molecule has 1 heterocycles. The maximum atomic E-state index is 12.7.